The summed E-state index contributed by atoms with van der Waals surface area (Å²) in [7, 11) is 0. The van der Waals surface area contributed by atoms with Gasteiger partial charge in [0.25, 0.3) is 0 Å². The summed E-state index contributed by atoms with van der Waals surface area (Å²) in [6, 6.07) is 0. The first-order valence-corrected chi connectivity index (χ1v) is 6.51. The minimum atomic E-state index is -0.672. The second kappa shape index (κ2) is 6.97. The molecule has 1 rings (SSSR count). The Labute approximate surface area is 103 Å². The van der Waals surface area contributed by atoms with Crippen molar-refractivity contribution >= 4 is 5.97 Å². The highest BCUT2D eigenvalue weighted by molar-refractivity contribution is 5.75. The largest absolute Gasteiger partial charge is 0.465 e. The van der Waals surface area contributed by atoms with E-state index >= 15 is 0 Å². The third kappa shape index (κ3) is 4.28. The Balaban J connectivity index is 2.30. The number of ether oxygens (including phenoxy) is 1. The van der Waals surface area contributed by atoms with E-state index < -0.39 is 12.0 Å². The van der Waals surface area contributed by atoms with Gasteiger partial charge in [0.05, 0.1) is 25.2 Å². The number of hydrogen-bond acceptors (Lipinski definition) is 4. The third-order valence-corrected chi connectivity index (χ3v) is 3.40. The average Bonchev–Trinajstić information content (AvgIpc) is 2.65. The molecule has 0 radical (unpaired) electrons. The van der Waals surface area contributed by atoms with E-state index in [1.54, 1.807) is 0 Å². The van der Waals surface area contributed by atoms with E-state index in [2.05, 4.69) is 13.8 Å². The maximum atomic E-state index is 11.4. The van der Waals surface area contributed by atoms with Gasteiger partial charge in [0.15, 0.2) is 0 Å². The molecule has 0 aromatic carbocycles. The molecule has 0 aromatic rings. The van der Waals surface area contributed by atoms with Crippen LogP contribution in [0.2, 0.25) is 0 Å². The highest BCUT2D eigenvalue weighted by Gasteiger charge is 2.41. The fourth-order valence-electron chi connectivity index (χ4n) is 2.30. The van der Waals surface area contributed by atoms with E-state index in [0.29, 0.717) is 12.3 Å². The Morgan fingerprint density at radius 1 is 1.35 bits per heavy atom. The molecule has 1 heterocycles. The smallest absolute Gasteiger partial charge is 0.312 e. The van der Waals surface area contributed by atoms with Crippen molar-refractivity contribution < 1.29 is 19.7 Å². The summed E-state index contributed by atoms with van der Waals surface area (Å²) in [4.78, 5) is 11.4. The highest BCUT2D eigenvalue weighted by atomic mass is 16.5. The van der Waals surface area contributed by atoms with Gasteiger partial charge in [-0.1, -0.05) is 33.1 Å². The Kier molecular flexibility index (Phi) is 5.92. The SMILES string of the molecule is CC(C)CCCC[C@@H](O)[C@@H]1C(=O)OC[C@H]1CO. The lowest BCUT2D eigenvalue weighted by Crippen LogP contribution is -2.31. The topological polar surface area (TPSA) is 66.8 Å². The standard InChI is InChI=1S/C13H24O4/c1-9(2)5-3-4-6-11(15)12-10(7-14)8-17-13(12)16/h9-12,14-15H,3-8H2,1-2H3/t10-,11-,12-/m1/s1. The molecule has 0 saturated carbocycles. The molecule has 1 saturated heterocycles. The number of cyclic esters (lactones) is 1. The molecule has 0 bridgehead atoms. The van der Waals surface area contributed by atoms with Crippen molar-refractivity contribution in [1.82, 2.24) is 0 Å². The van der Waals surface area contributed by atoms with Crippen molar-refractivity contribution in [3.05, 3.63) is 0 Å². The third-order valence-electron chi connectivity index (χ3n) is 3.40. The van der Waals surface area contributed by atoms with Crippen LogP contribution < -0.4 is 0 Å². The first kappa shape index (κ1) is 14.5. The monoisotopic (exact) mass is 244 g/mol. The van der Waals surface area contributed by atoms with Crippen LogP contribution >= 0.6 is 0 Å². The Morgan fingerprint density at radius 3 is 2.59 bits per heavy atom. The normalized spacial score (nSPS) is 26.3. The molecule has 0 aliphatic carbocycles. The molecule has 2 N–H and O–H groups in total. The van der Waals surface area contributed by atoms with Gasteiger partial charge in [-0.2, -0.15) is 0 Å². The molecule has 4 nitrogen and oxygen atoms in total. The molecule has 0 spiro atoms. The van der Waals surface area contributed by atoms with E-state index in [-0.39, 0.29) is 25.1 Å². The number of unbranched alkanes of at least 4 members (excludes halogenated alkanes) is 1. The number of carbonyl (C=O) groups excluding carboxylic acids is 1. The molecule has 100 valence electrons. The molecule has 17 heavy (non-hydrogen) atoms. The van der Waals surface area contributed by atoms with Gasteiger partial charge in [0.2, 0.25) is 0 Å². The lowest BCUT2D eigenvalue weighted by Gasteiger charge is -2.19. The van der Waals surface area contributed by atoms with E-state index in [0.717, 1.165) is 19.3 Å². The van der Waals surface area contributed by atoms with E-state index in [1.165, 1.54) is 0 Å². The van der Waals surface area contributed by atoms with Gasteiger partial charge in [-0.05, 0) is 12.3 Å². The molecule has 0 unspecified atom stereocenters. The fourth-order valence-corrected chi connectivity index (χ4v) is 2.30. The zero-order valence-corrected chi connectivity index (χ0v) is 10.8. The second-order valence-electron chi connectivity index (χ2n) is 5.34. The van der Waals surface area contributed by atoms with E-state index in [4.69, 9.17) is 9.84 Å². The Hall–Kier alpha value is -0.610. The van der Waals surface area contributed by atoms with Crippen LogP contribution in [0.5, 0.6) is 0 Å². The zero-order chi connectivity index (χ0) is 12.8. The Morgan fingerprint density at radius 2 is 2.00 bits per heavy atom. The summed E-state index contributed by atoms with van der Waals surface area (Å²) < 4.78 is 4.88. The number of carbonyl (C=O) groups is 1. The summed E-state index contributed by atoms with van der Waals surface area (Å²) >= 11 is 0. The maximum Gasteiger partial charge on any atom is 0.312 e. The van der Waals surface area contributed by atoms with E-state index in [9.17, 15) is 9.90 Å². The minimum absolute atomic E-state index is 0.0978. The van der Waals surface area contributed by atoms with Gasteiger partial charge >= 0.3 is 5.97 Å². The fraction of sp³-hybridized carbons (Fsp3) is 0.923. The predicted octanol–water partition coefficient (Wildman–Crippen LogP) is 1.35. The van der Waals surface area contributed by atoms with Crippen LogP contribution in [0.3, 0.4) is 0 Å². The quantitative estimate of drug-likeness (QED) is 0.524. The number of aliphatic hydroxyl groups excluding tert-OH is 2. The van der Waals surface area contributed by atoms with E-state index in [1.807, 2.05) is 0 Å². The van der Waals surface area contributed by atoms with Gasteiger partial charge in [0, 0.05) is 5.92 Å². The van der Waals surface area contributed by atoms with Gasteiger partial charge in [-0.3, -0.25) is 4.79 Å². The lowest BCUT2D eigenvalue weighted by molar-refractivity contribution is -0.144. The second-order valence-corrected chi connectivity index (χ2v) is 5.34. The lowest BCUT2D eigenvalue weighted by atomic mass is 9.88. The van der Waals surface area contributed by atoms with Crippen molar-refractivity contribution in [2.45, 2.75) is 45.6 Å². The molecular formula is C13H24O4. The molecule has 0 amide bonds. The highest BCUT2D eigenvalue weighted by Crippen LogP contribution is 2.27. The molecule has 1 aliphatic rings. The number of hydrogen-bond donors (Lipinski definition) is 2. The van der Waals surface area contributed by atoms with Crippen LogP contribution in [0, 0.1) is 17.8 Å². The number of esters is 1. The van der Waals surface area contributed by atoms with Crippen LogP contribution in [0.4, 0.5) is 0 Å². The van der Waals surface area contributed by atoms with Crippen molar-refractivity contribution in [2.24, 2.45) is 17.8 Å². The van der Waals surface area contributed by atoms with Crippen molar-refractivity contribution in [1.29, 1.82) is 0 Å². The van der Waals surface area contributed by atoms with Gasteiger partial charge in [-0.25, -0.2) is 0 Å². The van der Waals surface area contributed by atoms with Crippen LogP contribution in [0.1, 0.15) is 39.5 Å². The predicted molar refractivity (Wildman–Crippen MR) is 64.3 cm³/mol. The molecular weight excluding hydrogens is 220 g/mol. The number of aliphatic hydroxyl groups is 2. The zero-order valence-electron chi connectivity index (χ0n) is 10.8. The minimum Gasteiger partial charge on any atom is -0.465 e. The van der Waals surface area contributed by atoms with Crippen molar-refractivity contribution in [3.8, 4) is 0 Å². The molecule has 4 heteroatoms. The summed E-state index contributed by atoms with van der Waals surface area (Å²) in [5.41, 5.74) is 0. The first-order chi connectivity index (χ1) is 8.06. The number of rotatable bonds is 7. The summed E-state index contributed by atoms with van der Waals surface area (Å²) in [5, 5.41) is 19.1. The summed E-state index contributed by atoms with van der Waals surface area (Å²) in [6.07, 6.45) is 3.07. The van der Waals surface area contributed by atoms with Gasteiger partial charge in [0.1, 0.15) is 0 Å². The van der Waals surface area contributed by atoms with Crippen molar-refractivity contribution in [2.75, 3.05) is 13.2 Å². The van der Waals surface area contributed by atoms with Crippen LogP contribution in [-0.2, 0) is 9.53 Å². The molecule has 0 aromatic heterocycles. The van der Waals surface area contributed by atoms with Crippen LogP contribution in [-0.4, -0.2) is 35.5 Å². The first-order valence-electron chi connectivity index (χ1n) is 6.51. The average molecular weight is 244 g/mol. The molecule has 3 atom stereocenters. The Bertz CT molecular complexity index is 240. The molecule has 1 fully saturated rings. The maximum absolute atomic E-state index is 11.4. The summed E-state index contributed by atoms with van der Waals surface area (Å²) in [6.45, 7) is 4.49. The molecule has 1 aliphatic heterocycles. The van der Waals surface area contributed by atoms with Crippen LogP contribution in [0.15, 0.2) is 0 Å². The van der Waals surface area contributed by atoms with Gasteiger partial charge in [-0.15, -0.1) is 0 Å². The van der Waals surface area contributed by atoms with Crippen molar-refractivity contribution in [3.63, 3.8) is 0 Å². The van der Waals surface area contributed by atoms with Crippen LogP contribution in [0.25, 0.3) is 0 Å². The van der Waals surface area contributed by atoms with Gasteiger partial charge < -0.3 is 14.9 Å². The summed E-state index contributed by atoms with van der Waals surface area (Å²) in [5.74, 6) is -0.448.